The molecule has 1 saturated heterocycles. The molecule has 9 heteroatoms. The fourth-order valence-corrected chi connectivity index (χ4v) is 4.98. The van der Waals surface area contributed by atoms with Gasteiger partial charge in [-0.25, -0.2) is 4.98 Å². The van der Waals surface area contributed by atoms with E-state index >= 15 is 0 Å². The maximum absolute atomic E-state index is 12.2. The van der Waals surface area contributed by atoms with Gasteiger partial charge in [-0.1, -0.05) is 37.6 Å². The Labute approximate surface area is 226 Å². The van der Waals surface area contributed by atoms with Gasteiger partial charge in [-0.2, -0.15) is 0 Å². The van der Waals surface area contributed by atoms with Crippen molar-refractivity contribution in [3.63, 3.8) is 0 Å². The molecule has 7 nitrogen and oxygen atoms in total. The van der Waals surface area contributed by atoms with E-state index < -0.39 is 0 Å². The number of nitrogens with zero attached hydrogens (tertiary/aromatic N) is 4. The highest BCUT2D eigenvalue weighted by Crippen LogP contribution is 2.43. The Hall–Kier alpha value is -3.75. The lowest BCUT2D eigenvalue weighted by molar-refractivity contribution is -0.118. The van der Waals surface area contributed by atoms with Crippen LogP contribution >= 0.6 is 23.8 Å². The number of aromatic nitrogens is 3. The number of carbonyl (C=O) groups is 1. The molecule has 1 aliphatic heterocycles. The van der Waals surface area contributed by atoms with Crippen molar-refractivity contribution in [1.82, 2.24) is 19.9 Å². The number of pyridine rings is 2. The van der Waals surface area contributed by atoms with E-state index in [1.807, 2.05) is 87.8 Å². The first-order chi connectivity index (χ1) is 17.8. The second kappa shape index (κ2) is 10.3. The molecule has 2 N–H and O–H groups in total. The quantitative estimate of drug-likeness (QED) is 0.298. The Balaban J connectivity index is 1.59. The average molecular weight is 531 g/mol. The van der Waals surface area contributed by atoms with Gasteiger partial charge >= 0.3 is 0 Å². The minimum atomic E-state index is -0.243. The zero-order valence-electron chi connectivity index (χ0n) is 20.7. The lowest BCUT2D eigenvalue weighted by Crippen LogP contribution is -2.30. The number of anilines is 2. The van der Waals surface area contributed by atoms with Gasteiger partial charge in [-0.05, 0) is 73.2 Å². The molecule has 0 unspecified atom stereocenters. The number of rotatable bonds is 6. The largest absolute Gasteiger partial charge is 0.351 e. The van der Waals surface area contributed by atoms with E-state index in [2.05, 4.69) is 36.1 Å². The molecule has 1 aromatic carbocycles. The highest BCUT2D eigenvalue weighted by Gasteiger charge is 2.42. The van der Waals surface area contributed by atoms with Crippen LogP contribution < -0.4 is 15.5 Å². The normalized spacial score (nSPS) is 17.2. The molecule has 5 rings (SSSR count). The molecular formula is C28H27ClN6OS. The monoisotopic (exact) mass is 530 g/mol. The first kappa shape index (κ1) is 24.9. The summed E-state index contributed by atoms with van der Waals surface area (Å²) in [6.45, 7) is 5.70. The Morgan fingerprint density at radius 1 is 1.11 bits per heavy atom. The van der Waals surface area contributed by atoms with Gasteiger partial charge in [-0.15, -0.1) is 0 Å². The van der Waals surface area contributed by atoms with Crippen molar-refractivity contribution in [2.45, 2.75) is 32.9 Å². The molecule has 4 aromatic rings. The third-order valence-electron chi connectivity index (χ3n) is 6.34. The van der Waals surface area contributed by atoms with Crippen molar-refractivity contribution in [2.75, 3.05) is 10.2 Å². The summed E-state index contributed by atoms with van der Waals surface area (Å²) < 4.78 is 2.07. The van der Waals surface area contributed by atoms with Crippen LogP contribution in [0.1, 0.15) is 42.9 Å². The van der Waals surface area contributed by atoms with E-state index in [-0.39, 0.29) is 23.9 Å². The van der Waals surface area contributed by atoms with Crippen LogP contribution in [0.5, 0.6) is 0 Å². The number of thiocarbonyl (C=S) groups is 1. The third kappa shape index (κ3) is 4.95. The van der Waals surface area contributed by atoms with Crippen molar-refractivity contribution in [2.24, 2.45) is 5.92 Å². The van der Waals surface area contributed by atoms with Gasteiger partial charge in [0.2, 0.25) is 5.91 Å². The fraction of sp³-hybridized carbons (Fsp3) is 0.214. The summed E-state index contributed by atoms with van der Waals surface area (Å²) in [4.78, 5) is 23.6. The molecule has 1 aliphatic rings. The van der Waals surface area contributed by atoms with Gasteiger partial charge in [0, 0.05) is 35.9 Å². The van der Waals surface area contributed by atoms with Crippen LogP contribution in [0.15, 0.2) is 79.3 Å². The summed E-state index contributed by atoms with van der Waals surface area (Å²) >= 11 is 12.5. The maximum Gasteiger partial charge on any atom is 0.226 e. The van der Waals surface area contributed by atoms with Gasteiger partial charge in [0.05, 0.1) is 22.4 Å². The summed E-state index contributed by atoms with van der Waals surface area (Å²) in [7, 11) is 0. The smallest absolute Gasteiger partial charge is 0.226 e. The number of hydrogen-bond acceptors (Lipinski definition) is 4. The topological polar surface area (TPSA) is 75.1 Å². The Morgan fingerprint density at radius 2 is 1.95 bits per heavy atom. The minimum Gasteiger partial charge on any atom is -0.351 e. The van der Waals surface area contributed by atoms with Crippen LogP contribution in [0.3, 0.4) is 0 Å². The molecule has 0 saturated carbocycles. The van der Waals surface area contributed by atoms with Crippen molar-refractivity contribution in [3.05, 3.63) is 101 Å². The second-order valence-corrected chi connectivity index (χ2v) is 10.1. The summed E-state index contributed by atoms with van der Waals surface area (Å²) in [6, 6.07) is 19.1. The molecule has 188 valence electrons. The summed E-state index contributed by atoms with van der Waals surface area (Å²) in [5, 5.41) is 7.35. The Kier molecular flexibility index (Phi) is 6.95. The lowest BCUT2D eigenvalue weighted by Gasteiger charge is -2.29. The van der Waals surface area contributed by atoms with Crippen LogP contribution in [-0.2, 0) is 4.79 Å². The molecule has 1 amide bonds. The van der Waals surface area contributed by atoms with E-state index in [4.69, 9.17) is 23.8 Å². The molecule has 2 atom stereocenters. The Morgan fingerprint density at radius 3 is 2.62 bits per heavy atom. The highest BCUT2D eigenvalue weighted by molar-refractivity contribution is 7.80. The lowest BCUT2D eigenvalue weighted by atomic mass is 10.0. The molecule has 37 heavy (non-hydrogen) atoms. The zero-order chi connectivity index (χ0) is 26.1. The number of carbonyl (C=O) groups excluding carboxylic acids is 1. The van der Waals surface area contributed by atoms with E-state index in [0.717, 1.165) is 28.5 Å². The summed E-state index contributed by atoms with van der Waals surface area (Å²) in [6.07, 6.45) is 5.64. The first-order valence-electron chi connectivity index (χ1n) is 12.0. The SMILES string of the molecule is Cc1ccc(-n2cccc2[C@@H]2[C@@H](c3ccccn3)NC(=S)N2c2ccc(NC(=O)C(C)C)c(Cl)c2)nc1. The van der Waals surface area contributed by atoms with Crippen LogP contribution in [-0.4, -0.2) is 25.6 Å². The van der Waals surface area contributed by atoms with Gasteiger partial charge in [0.15, 0.2) is 5.11 Å². The first-order valence-corrected chi connectivity index (χ1v) is 12.8. The predicted octanol–water partition coefficient (Wildman–Crippen LogP) is 6.00. The predicted molar refractivity (Wildman–Crippen MR) is 151 cm³/mol. The molecule has 0 radical (unpaired) electrons. The van der Waals surface area contributed by atoms with E-state index in [1.165, 1.54) is 0 Å². The summed E-state index contributed by atoms with van der Waals surface area (Å²) in [5.41, 5.74) is 4.32. The van der Waals surface area contributed by atoms with Crippen LogP contribution in [0.2, 0.25) is 5.02 Å². The second-order valence-electron chi connectivity index (χ2n) is 9.30. The minimum absolute atomic E-state index is 0.0930. The number of benzene rings is 1. The molecule has 0 aliphatic carbocycles. The van der Waals surface area contributed by atoms with Crippen molar-refractivity contribution >= 4 is 46.2 Å². The number of amides is 1. The van der Waals surface area contributed by atoms with Crippen molar-refractivity contribution in [1.29, 1.82) is 0 Å². The highest BCUT2D eigenvalue weighted by atomic mass is 35.5. The van der Waals surface area contributed by atoms with Gasteiger partial charge in [0.1, 0.15) is 11.9 Å². The fourth-order valence-electron chi connectivity index (χ4n) is 4.41. The van der Waals surface area contributed by atoms with E-state index in [1.54, 1.807) is 6.20 Å². The van der Waals surface area contributed by atoms with Crippen LogP contribution in [0.4, 0.5) is 11.4 Å². The number of halogens is 1. The zero-order valence-corrected chi connectivity index (χ0v) is 22.3. The van der Waals surface area contributed by atoms with Gasteiger partial charge < -0.3 is 20.1 Å². The number of nitrogens with one attached hydrogen (secondary N) is 2. The van der Waals surface area contributed by atoms with Gasteiger partial charge in [-0.3, -0.25) is 9.78 Å². The van der Waals surface area contributed by atoms with Gasteiger partial charge in [0.25, 0.3) is 0 Å². The van der Waals surface area contributed by atoms with Crippen LogP contribution in [0.25, 0.3) is 5.82 Å². The molecule has 3 aromatic heterocycles. The molecule has 4 heterocycles. The van der Waals surface area contributed by atoms with E-state index in [0.29, 0.717) is 15.8 Å². The molecule has 1 fully saturated rings. The molecular weight excluding hydrogens is 504 g/mol. The van der Waals surface area contributed by atoms with Crippen molar-refractivity contribution < 1.29 is 4.79 Å². The third-order valence-corrected chi connectivity index (χ3v) is 6.96. The summed E-state index contributed by atoms with van der Waals surface area (Å²) in [5.74, 6) is 0.565. The Bertz CT molecular complexity index is 1440. The molecule has 0 spiro atoms. The maximum atomic E-state index is 12.2. The average Bonchev–Trinajstić information content (AvgIpc) is 3.50. The van der Waals surface area contributed by atoms with Crippen LogP contribution in [0, 0.1) is 12.8 Å². The van der Waals surface area contributed by atoms with E-state index in [9.17, 15) is 4.79 Å². The number of aryl methyl sites for hydroxylation is 1. The molecule has 0 bridgehead atoms. The number of hydrogen-bond donors (Lipinski definition) is 2. The standard InChI is InChI=1S/C28H27ClN6OS/c1-17(2)27(36)32-21-11-10-19(15-20(21)29)35-26(25(33-28(35)37)22-7-4-5-13-30-22)23-8-6-14-34(23)24-12-9-18(3)16-31-24/h4-17,25-26H,1-3H3,(H,32,36)(H,33,37)/t25-,26-/m1/s1. The van der Waals surface area contributed by atoms with Crippen molar-refractivity contribution in [3.8, 4) is 5.82 Å².